The maximum absolute atomic E-state index is 10.5. The van der Waals surface area contributed by atoms with Crippen LogP contribution in [-0.2, 0) is 18.0 Å². The minimum Gasteiger partial charge on any atom is -0.442 e. The Morgan fingerprint density at radius 1 is 0.655 bits per heavy atom. The molecule has 0 amide bonds. The fourth-order valence-electron chi connectivity index (χ4n) is 3.21. The van der Waals surface area contributed by atoms with Gasteiger partial charge in [0.05, 0.1) is 13.2 Å². The van der Waals surface area contributed by atoms with Crippen molar-refractivity contribution >= 4 is 57.0 Å². The Morgan fingerprint density at radius 3 is 1.55 bits per heavy atom. The minimum absolute atomic E-state index is 0.461. The van der Waals surface area contributed by atoms with Crippen LogP contribution in [0.4, 0.5) is 0 Å². The van der Waals surface area contributed by atoms with E-state index in [-0.39, 0.29) is 0 Å². The molecular weight excluding hydrogens is 398 g/mol. The highest BCUT2D eigenvalue weighted by Crippen LogP contribution is 2.06. The van der Waals surface area contributed by atoms with Crippen LogP contribution in [0.1, 0.15) is 11.1 Å². The van der Waals surface area contributed by atoms with E-state index in [1.807, 2.05) is 83.6 Å². The summed E-state index contributed by atoms with van der Waals surface area (Å²) in [5.41, 5.74) is 3.78. The molecule has 144 valence electrons. The lowest BCUT2D eigenvalue weighted by molar-refractivity contribution is 0.107. The topological polar surface area (TPSA) is 49.7 Å². The summed E-state index contributed by atoms with van der Waals surface area (Å²) in [6.45, 7) is -0.290. The van der Waals surface area contributed by atoms with Gasteiger partial charge in [-0.05, 0) is 32.8 Å². The Kier molecular flexibility index (Phi) is 6.64. The smallest absolute Gasteiger partial charge is 0.369 e. The minimum atomic E-state index is -0.606. The van der Waals surface area contributed by atoms with Crippen LogP contribution in [-0.4, -0.2) is 23.9 Å². The first-order valence-electron chi connectivity index (χ1n) is 9.39. The molecule has 0 aliphatic heterocycles. The van der Waals surface area contributed by atoms with Gasteiger partial charge in [-0.25, -0.2) is 0 Å². The van der Waals surface area contributed by atoms with Crippen molar-refractivity contribution in [1.29, 1.82) is 0 Å². The lowest BCUT2D eigenvalue weighted by Gasteiger charge is -2.10. The van der Waals surface area contributed by atoms with Crippen LogP contribution >= 0.6 is 22.7 Å². The number of hydrogen-bond acceptors (Lipinski definition) is 5. The molecule has 7 heteroatoms. The third kappa shape index (κ3) is 5.07. The second-order valence-electron chi connectivity index (χ2n) is 6.82. The van der Waals surface area contributed by atoms with Crippen molar-refractivity contribution in [1.82, 2.24) is 0 Å². The van der Waals surface area contributed by atoms with Crippen LogP contribution < -0.4 is 20.5 Å². The van der Waals surface area contributed by atoms with E-state index in [1.54, 1.807) is 22.7 Å². The summed E-state index contributed by atoms with van der Waals surface area (Å²) in [6.07, 6.45) is 0. The van der Waals surface area contributed by atoms with Gasteiger partial charge in [0.2, 0.25) is 0 Å². The molecular formula is C22H20B2O3S2. The SMILES string of the molecule is OB(c1cccc(COCc2cccc(B(O)c3cccs3)c2)c1)c1cccs1. The molecule has 0 fully saturated rings. The highest BCUT2D eigenvalue weighted by molar-refractivity contribution is 7.23. The van der Waals surface area contributed by atoms with Crippen LogP contribution in [0, 0.1) is 0 Å². The molecule has 0 saturated heterocycles. The van der Waals surface area contributed by atoms with Gasteiger partial charge < -0.3 is 14.8 Å². The van der Waals surface area contributed by atoms with Crippen LogP contribution in [0.15, 0.2) is 83.6 Å². The molecule has 0 bridgehead atoms. The second kappa shape index (κ2) is 9.57. The third-order valence-electron chi connectivity index (χ3n) is 4.70. The molecule has 0 aliphatic carbocycles. The maximum Gasteiger partial charge on any atom is 0.369 e. The zero-order valence-electron chi connectivity index (χ0n) is 15.8. The fraction of sp³-hybridized carbons (Fsp3) is 0.0909. The van der Waals surface area contributed by atoms with Crippen molar-refractivity contribution in [2.45, 2.75) is 13.2 Å². The van der Waals surface area contributed by atoms with E-state index in [0.717, 1.165) is 31.6 Å². The molecule has 3 nitrogen and oxygen atoms in total. The molecule has 0 spiro atoms. The third-order valence-corrected chi connectivity index (χ3v) is 6.55. The summed E-state index contributed by atoms with van der Waals surface area (Å²) in [7, 11) is 0. The van der Waals surface area contributed by atoms with Gasteiger partial charge in [0.15, 0.2) is 0 Å². The number of hydrogen-bond donors (Lipinski definition) is 2. The van der Waals surface area contributed by atoms with Crippen LogP contribution in [0.25, 0.3) is 0 Å². The fourth-order valence-corrected chi connectivity index (χ4v) is 4.69. The number of rotatable bonds is 8. The Hall–Kier alpha value is -2.15. The predicted octanol–water partition coefficient (Wildman–Crippen LogP) is 1.72. The Morgan fingerprint density at radius 2 is 1.14 bits per heavy atom. The van der Waals surface area contributed by atoms with E-state index < -0.39 is 13.8 Å². The quantitative estimate of drug-likeness (QED) is 0.429. The average molecular weight is 418 g/mol. The first kappa shape index (κ1) is 20.1. The second-order valence-corrected chi connectivity index (χ2v) is 8.78. The lowest BCUT2D eigenvalue weighted by Crippen LogP contribution is -2.40. The first-order valence-corrected chi connectivity index (χ1v) is 11.1. The van der Waals surface area contributed by atoms with Crippen molar-refractivity contribution in [2.75, 3.05) is 0 Å². The molecule has 0 aliphatic rings. The summed E-state index contributed by atoms with van der Waals surface area (Å²) in [5.74, 6) is 0. The van der Waals surface area contributed by atoms with Crippen molar-refractivity contribution in [2.24, 2.45) is 0 Å². The molecule has 0 unspecified atom stereocenters. The van der Waals surface area contributed by atoms with Crippen LogP contribution in [0.3, 0.4) is 0 Å². The van der Waals surface area contributed by atoms with Gasteiger partial charge in [-0.15, -0.1) is 0 Å². The average Bonchev–Trinajstić information content (AvgIpc) is 3.47. The molecule has 4 rings (SSSR count). The molecule has 0 atom stereocenters. The van der Waals surface area contributed by atoms with Crippen molar-refractivity contribution in [3.8, 4) is 0 Å². The van der Waals surface area contributed by atoms with Gasteiger partial charge in [0, 0.05) is 9.55 Å². The zero-order valence-corrected chi connectivity index (χ0v) is 17.4. The Labute approximate surface area is 179 Å². The molecule has 2 aromatic carbocycles. The van der Waals surface area contributed by atoms with Gasteiger partial charge in [-0.1, -0.05) is 72.8 Å². The van der Waals surface area contributed by atoms with Gasteiger partial charge in [-0.3, -0.25) is 0 Å². The number of thiophene rings is 2. The van der Waals surface area contributed by atoms with Gasteiger partial charge >= 0.3 is 13.8 Å². The summed E-state index contributed by atoms with van der Waals surface area (Å²) in [6, 6.07) is 23.5. The predicted molar refractivity (Wildman–Crippen MR) is 124 cm³/mol. The van der Waals surface area contributed by atoms with Crippen molar-refractivity contribution in [3.63, 3.8) is 0 Å². The van der Waals surface area contributed by atoms with Crippen LogP contribution in [0.2, 0.25) is 0 Å². The van der Waals surface area contributed by atoms with Crippen molar-refractivity contribution < 1.29 is 14.8 Å². The van der Waals surface area contributed by atoms with E-state index in [1.165, 1.54) is 0 Å². The monoisotopic (exact) mass is 418 g/mol. The van der Waals surface area contributed by atoms with E-state index in [4.69, 9.17) is 4.74 Å². The van der Waals surface area contributed by atoms with Gasteiger partial charge in [-0.2, -0.15) is 22.7 Å². The van der Waals surface area contributed by atoms with E-state index >= 15 is 0 Å². The lowest BCUT2D eigenvalue weighted by atomic mass is 9.60. The van der Waals surface area contributed by atoms with E-state index in [9.17, 15) is 10.0 Å². The Bertz CT molecular complexity index is 952. The summed E-state index contributed by atoms with van der Waals surface area (Å²) in [5, 5.41) is 25.0. The molecule has 0 saturated carbocycles. The summed E-state index contributed by atoms with van der Waals surface area (Å²) >= 11 is 3.10. The molecule has 2 heterocycles. The van der Waals surface area contributed by atoms with Crippen LogP contribution in [0.5, 0.6) is 0 Å². The Balaban J connectivity index is 1.37. The molecule has 29 heavy (non-hydrogen) atoms. The first-order chi connectivity index (χ1) is 14.2. The summed E-state index contributed by atoms with van der Waals surface area (Å²) < 4.78 is 7.77. The molecule has 2 N–H and O–H groups in total. The molecule has 4 aromatic rings. The number of ether oxygens (including phenoxy) is 1. The van der Waals surface area contributed by atoms with Crippen molar-refractivity contribution in [3.05, 3.63) is 94.7 Å². The summed E-state index contributed by atoms with van der Waals surface area (Å²) in [4.78, 5) is 0. The maximum atomic E-state index is 10.5. The molecule has 2 aromatic heterocycles. The normalized spacial score (nSPS) is 10.8. The van der Waals surface area contributed by atoms with Gasteiger partial charge in [0.1, 0.15) is 0 Å². The highest BCUT2D eigenvalue weighted by atomic mass is 32.1. The standard InChI is InChI=1S/C22H20B2O3S2/c25-23(21-9-3-11-28-21)19-7-1-5-17(13-19)15-27-16-18-6-2-8-20(14-18)24(26)22-10-4-12-29-22/h1-14,25-26H,15-16H2. The van der Waals surface area contributed by atoms with E-state index in [2.05, 4.69) is 0 Å². The largest absolute Gasteiger partial charge is 0.442 e. The zero-order chi connectivity index (χ0) is 20.1. The van der Waals surface area contributed by atoms with E-state index in [0.29, 0.717) is 13.2 Å². The molecule has 0 radical (unpaired) electrons. The van der Waals surface area contributed by atoms with Gasteiger partial charge in [0.25, 0.3) is 0 Å². The number of benzene rings is 2. The highest BCUT2D eigenvalue weighted by Gasteiger charge is 2.19.